The molecule has 1 saturated heterocycles. The summed E-state index contributed by atoms with van der Waals surface area (Å²) in [4.78, 5) is 170. The third-order valence-corrected chi connectivity index (χ3v) is 16.8. The quantitative estimate of drug-likeness (QED) is 0.139. The monoisotopic (exact) mass is 1230 g/mol. The first-order chi connectivity index (χ1) is 40.2. The Morgan fingerprint density at radius 2 is 0.908 bits per heavy atom. The van der Waals surface area contributed by atoms with Gasteiger partial charge in [-0.15, -0.1) is 0 Å². The van der Waals surface area contributed by atoms with Crippen LogP contribution in [0, 0.1) is 41.4 Å². The van der Waals surface area contributed by atoms with Crippen LogP contribution in [0.1, 0.15) is 150 Å². The van der Waals surface area contributed by atoms with Crippen molar-refractivity contribution in [3.63, 3.8) is 0 Å². The van der Waals surface area contributed by atoms with Gasteiger partial charge in [-0.3, -0.25) is 52.7 Å². The Hall–Kier alpha value is -6.17. The maximum absolute atomic E-state index is 15.2. The second-order valence-electron chi connectivity index (χ2n) is 26.2. The number of carbonyl (C=O) groups excluding carboxylic acids is 11. The van der Waals surface area contributed by atoms with E-state index in [-0.39, 0.29) is 50.0 Å². The number of amides is 11. The first-order valence-electron chi connectivity index (χ1n) is 31.1. The summed E-state index contributed by atoms with van der Waals surface area (Å²) >= 11 is 0. The van der Waals surface area contributed by atoms with E-state index in [9.17, 15) is 48.3 Å². The minimum absolute atomic E-state index is 0.000697. The lowest BCUT2D eigenvalue weighted by Crippen LogP contribution is -2.64. The number of rotatable bonds is 16. The summed E-state index contributed by atoms with van der Waals surface area (Å²) in [6.07, 6.45) is 2.80. The predicted molar refractivity (Wildman–Crippen MR) is 335 cm³/mol. The highest BCUT2D eigenvalue weighted by Gasteiger charge is 2.46. The largest absolute Gasteiger partial charge is 0.390 e. The van der Waals surface area contributed by atoms with Crippen molar-refractivity contribution in [3.8, 4) is 0 Å². The molecule has 11 amide bonds. The van der Waals surface area contributed by atoms with E-state index < -0.39 is 161 Å². The number of nitrogens with one attached hydrogen (secondary N) is 4. The molecule has 0 saturated carbocycles. The van der Waals surface area contributed by atoms with Gasteiger partial charge >= 0.3 is 0 Å². The van der Waals surface area contributed by atoms with Gasteiger partial charge < -0.3 is 65.4 Å². The van der Waals surface area contributed by atoms with Crippen molar-refractivity contribution >= 4 is 65.0 Å². The molecule has 1 rings (SSSR count). The van der Waals surface area contributed by atoms with Crippen LogP contribution in [0.15, 0.2) is 12.2 Å². The van der Waals surface area contributed by atoms with E-state index >= 15 is 9.59 Å². The van der Waals surface area contributed by atoms with E-state index in [1.807, 2.05) is 41.5 Å². The van der Waals surface area contributed by atoms with Gasteiger partial charge in [-0.05, 0) is 95.3 Å². The van der Waals surface area contributed by atoms with Crippen molar-refractivity contribution in [2.75, 3.05) is 63.1 Å². The predicted octanol–water partition coefficient (Wildman–Crippen LogP) is 2.89. The van der Waals surface area contributed by atoms with Crippen molar-refractivity contribution in [2.45, 2.75) is 222 Å². The Balaban J connectivity index is 4.40. The second-order valence-corrected chi connectivity index (χ2v) is 26.2. The van der Waals surface area contributed by atoms with E-state index in [0.29, 0.717) is 6.42 Å². The van der Waals surface area contributed by atoms with Gasteiger partial charge in [-0.1, -0.05) is 102 Å². The molecule has 5 N–H and O–H groups in total. The number of methoxy groups -OCH3 is 1. The fourth-order valence-electron chi connectivity index (χ4n) is 11.2. The molecule has 1 fully saturated rings. The number of hydrogen-bond donors (Lipinski definition) is 5. The van der Waals surface area contributed by atoms with Crippen LogP contribution in [-0.4, -0.2) is 240 Å². The van der Waals surface area contributed by atoms with Gasteiger partial charge in [-0.2, -0.15) is 0 Å². The second kappa shape index (κ2) is 35.7. The molecule has 0 radical (unpaired) electrons. The lowest BCUT2D eigenvalue weighted by molar-refractivity contribution is -0.157. The molecular weight excluding hydrogens is 1120 g/mol. The van der Waals surface area contributed by atoms with Gasteiger partial charge in [0, 0.05) is 62.4 Å². The summed E-state index contributed by atoms with van der Waals surface area (Å²) in [5, 5.41) is 23.1. The molecule has 0 aromatic carbocycles. The molecule has 0 bridgehead atoms. The van der Waals surface area contributed by atoms with Crippen LogP contribution < -0.4 is 21.3 Å². The van der Waals surface area contributed by atoms with Gasteiger partial charge in [0.15, 0.2) is 0 Å². The van der Waals surface area contributed by atoms with E-state index in [0.717, 1.165) is 9.80 Å². The Bertz CT molecular complexity index is 2380. The molecule has 0 aromatic rings. The molecule has 0 aliphatic carbocycles. The topological polar surface area (TPSA) is 288 Å². The molecular formula is C63H113N11O13. The van der Waals surface area contributed by atoms with Crippen LogP contribution in [0.4, 0.5) is 0 Å². The average Bonchev–Trinajstić information content (AvgIpc) is 1.38. The molecule has 1 unspecified atom stereocenters. The maximum Gasteiger partial charge on any atom is 0.246 e. The normalized spacial score (nSPS) is 27.7. The third kappa shape index (κ3) is 21.3. The smallest absolute Gasteiger partial charge is 0.246 e. The van der Waals surface area contributed by atoms with Crippen molar-refractivity contribution in [1.82, 2.24) is 55.6 Å². The molecule has 1 aliphatic rings. The van der Waals surface area contributed by atoms with Gasteiger partial charge in [0.05, 0.1) is 12.7 Å². The molecule has 24 heteroatoms. The van der Waals surface area contributed by atoms with Crippen molar-refractivity contribution in [2.24, 2.45) is 41.4 Å². The standard InChI is InChI=1S/C63H113N11O13/c1-26-28-29-39(13)52(75)51-56(79)66-44(27-2)59(82)68(18)43(17)58(81)73(23)50(40(14)33-87-25)55(78)67-48(37(9)10)62(85)69(19)45(30-34(3)4)54(77)64-41(15)53(76)65-42(16)57(80)70(20)46(31-35(5)6)60(83)71(21)47(32-36(7)8)61(84)72(22)49(38(11)12)63(86)74(51)24/h26,28,34-52,75H,27,29-33H2,1-25H3,(H,64,77)(H,65,76)(H,66,79)(H,67,78)/b28-26+/t39-,40-,41+,42-,43?,44+,45+,46+,47+,48+,49+,50+,51+,52-/m1/s1. The summed E-state index contributed by atoms with van der Waals surface area (Å²) in [6.45, 7) is 29.2. The molecule has 0 spiro atoms. The molecule has 24 nitrogen and oxygen atoms in total. The zero-order chi connectivity index (χ0) is 67.6. The van der Waals surface area contributed by atoms with Crippen molar-refractivity contribution < 1.29 is 62.6 Å². The Morgan fingerprint density at radius 3 is 1.37 bits per heavy atom. The van der Waals surface area contributed by atoms with Crippen LogP contribution in [-0.2, 0) is 57.5 Å². The zero-order valence-corrected chi connectivity index (χ0v) is 57.3. The van der Waals surface area contributed by atoms with Crippen LogP contribution in [0.3, 0.4) is 0 Å². The minimum atomic E-state index is -1.63. The zero-order valence-electron chi connectivity index (χ0n) is 57.3. The first-order valence-corrected chi connectivity index (χ1v) is 31.1. The number of ether oxygens (including phenoxy) is 1. The number of carbonyl (C=O) groups is 11. The van der Waals surface area contributed by atoms with E-state index in [1.165, 1.54) is 102 Å². The molecule has 1 heterocycles. The number of aliphatic hydroxyl groups is 1. The van der Waals surface area contributed by atoms with Crippen LogP contribution in [0.2, 0.25) is 0 Å². The Labute approximate surface area is 520 Å². The Morgan fingerprint density at radius 1 is 0.471 bits per heavy atom. The number of nitrogens with zero attached hydrogens (tertiary/aromatic N) is 7. The van der Waals surface area contributed by atoms with Gasteiger partial charge in [0.2, 0.25) is 65.0 Å². The van der Waals surface area contributed by atoms with Crippen molar-refractivity contribution in [1.29, 1.82) is 0 Å². The number of aliphatic hydroxyl groups excluding tert-OH is 1. The van der Waals surface area contributed by atoms with Gasteiger partial charge in [-0.25, -0.2) is 0 Å². The van der Waals surface area contributed by atoms with Crippen LogP contribution >= 0.6 is 0 Å². The molecule has 87 heavy (non-hydrogen) atoms. The lowest BCUT2D eigenvalue weighted by atomic mass is 9.91. The highest BCUT2D eigenvalue weighted by molar-refractivity contribution is 6.00. The summed E-state index contributed by atoms with van der Waals surface area (Å²) in [6, 6.07) is -13.9. The third-order valence-electron chi connectivity index (χ3n) is 16.8. The maximum atomic E-state index is 15.2. The average molecular weight is 1230 g/mol. The summed E-state index contributed by atoms with van der Waals surface area (Å²) in [7, 11) is 11.3. The highest BCUT2D eigenvalue weighted by atomic mass is 16.5. The molecule has 0 aromatic heterocycles. The molecule has 1 aliphatic heterocycles. The van der Waals surface area contributed by atoms with E-state index in [2.05, 4.69) is 21.3 Å². The molecule has 498 valence electrons. The minimum Gasteiger partial charge on any atom is -0.390 e. The van der Waals surface area contributed by atoms with Crippen molar-refractivity contribution in [3.05, 3.63) is 12.2 Å². The fourth-order valence-corrected chi connectivity index (χ4v) is 11.2. The number of hydrogen-bond acceptors (Lipinski definition) is 13. The first kappa shape index (κ1) is 78.8. The summed E-state index contributed by atoms with van der Waals surface area (Å²) in [5.41, 5.74) is 0. The molecule has 14 atom stereocenters. The Kier molecular flexibility index (Phi) is 32.4. The summed E-state index contributed by atoms with van der Waals surface area (Å²) < 4.78 is 5.45. The number of allylic oxidation sites excluding steroid dienone is 2. The van der Waals surface area contributed by atoms with Crippen LogP contribution in [0.5, 0.6) is 0 Å². The van der Waals surface area contributed by atoms with Gasteiger partial charge in [0.1, 0.15) is 66.5 Å². The van der Waals surface area contributed by atoms with Gasteiger partial charge in [0.25, 0.3) is 0 Å². The van der Waals surface area contributed by atoms with E-state index in [1.54, 1.807) is 67.5 Å². The van der Waals surface area contributed by atoms with Crippen LogP contribution in [0.25, 0.3) is 0 Å². The van der Waals surface area contributed by atoms with E-state index in [4.69, 9.17) is 4.74 Å². The number of likely N-dealkylation sites (N-methyl/N-ethyl adjacent to an activating group) is 7. The highest BCUT2D eigenvalue weighted by Crippen LogP contribution is 2.26. The lowest BCUT2D eigenvalue weighted by Gasteiger charge is -2.41. The summed E-state index contributed by atoms with van der Waals surface area (Å²) in [5.74, 6) is -10.6. The SMILES string of the molecule is C/C=C/C[C@@H](C)[C@@H](O)[C@H]1C(=O)N[C@@H](CC)C(=O)N(C)C(C)C(=O)N(C)[C@@H]([C@H](C)COC)C(=O)N[C@@H](C(C)C)C(=O)N(C)[C@@H](CC(C)C)C(=O)N[C@@H](C)C(=O)N[C@H](C)C(=O)N(C)[C@@H](CC(C)C)C(=O)N(C)[C@@H](CC(C)C)C(=O)N(C)[C@@H](C(C)C)C(=O)N1C. The fraction of sp³-hybridized carbons (Fsp3) is 0.794.